The molecule has 0 unspecified atom stereocenters. The maximum atomic E-state index is 12.4. The van der Waals surface area contributed by atoms with Gasteiger partial charge >= 0.3 is 0 Å². The van der Waals surface area contributed by atoms with Crippen molar-refractivity contribution in [3.05, 3.63) is 78.3 Å². The van der Waals surface area contributed by atoms with Gasteiger partial charge in [0.2, 0.25) is 10.0 Å². The van der Waals surface area contributed by atoms with E-state index in [4.69, 9.17) is 26.1 Å². The fraction of sp³-hybridized carbons (Fsp3) is 0.182. The highest BCUT2D eigenvalue weighted by Gasteiger charge is 2.15. The van der Waals surface area contributed by atoms with Crippen molar-refractivity contribution in [2.75, 3.05) is 25.6 Å². The largest absolute Gasteiger partial charge is 0.491 e. The monoisotopic (exact) mass is 489 g/mol. The molecule has 0 aliphatic rings. The van der Waals surface area contributed by atoms with Crippen LogP contribution < -0.4 is 20.1 Å². The molecule has 1 aromatic heterocycles. The molecule has 0 saturated carbocycles. The highest BCUT2D eigenvalue weighted by molar-refractivity contribution is 7.89. The third-order valence-corrected chi connectivity index (χ3v) is 5.96. The molecule has 0 aliphatic carbocycles. The Balaban J connectivity index is 1.51. The maximum Gasteiger partial charge on any atom is 0.257 e. The molecule has 0 bridgehead atoms. The highest BCUT2D eigenvalue weighted by atomic mass is 32.2. The van der Waals surface area contributed by atoms with Gasteiger partial charge in [0.1, 0.15) is 18.1 Å². The molecule has 0 spiro atoms. The number of rotatable bonds is 10. The molecule has 33 heavy (non-hydrogen) atoms. The van der Waals surface area contributed by atoms with E-state index in [1.54, 1.807) is 55.6 Å². The first-order valence-electron chi connectivity index (χ1n) is 9.83. The Bertz CT molecular complexity index is 1160. The van der Waals surface area contributed by atoms with Crippen molar-refractivity contribution in [3.8, 4) is 5.75 Å². The number of benzene rings is 2. The van der Waals surface area contributed by atoms with Gasteiger partial charge in [0.25, 0.3) is 5.91 Å². The summed E-state index contributed by atoms with van der Waals surface area (Å²) >= 11 is 5.18. The zero-order valence-corrected chi connectivity index (χ0v) is 19.4. The van der Waals surface area contributed by atoms with E-state index in [0.717, 1.165) is 0 Å². The van der Waals surface area contributed by atoms with Crippen LogP contribution in [0.2, 0.25) is 0 Å². The zero-order valence-electron chi connectivity index (χ0n) is 17.7. The summed E-state index contributed by atoms with van der Waals surface area (Å²) in [4.78, 5) is 12.5. The summed E-state index contributed by atoms with van der Waals surface area (Å²) in [5.41, 5.74) is 0.925. The highest BCUT2D eigenvalue weighted by Crippen LogP contribution is 2.15. The maximum absolute atomic E-state index is 12.4. The summed E-state index contributed by atoms with van der Waals surface area (Å²) in [6.45, 7) is 0.929. The molecule has 0 radical (unpaired) electrons. The molecule has 0 fully saturated rings. The molecule has 3 aromatic rings. The quantitative estimate of drug-likeness (QED) is 0.294. The number of ether oxygens (including phenoxy) is 2. The normalized spacial score (nSPS) is 11.1. The second kappa shape index (κ2) is 11.6. The SMILES string of the molecule is COCCOc1ccc(C(=O)NC(=S)Nc2ccc(S(=O)(=O)NCc3ccco3)cc2)cc1. The molecule has 174 valence electrons. The van der Waals surface area contributed by atoms with E-state index >= 15 is 0 Å². The number of carbonyl (C=O) groups is 1. The molecule has 0 aliphatic heterocycles. The molecule has 1 amide bonds. The first kappa shape index (κ1) is 24.4. The molecular weight excluding hydrogens is 466 g/mol. The minimum atomic E-state index is -3.71. The first-order chi connectivity index (χ1) is 15.9. The van der Waals surface area contributed by atoms with Gasteiger partial charge in [-0.3, -0.25) is 10.1 Å². The van der Waals surface area contributed by atoms with Crippen LogP contribution in [-0.2, 0) is 21.3 Å². The summed E-state index contributed by atoms with van der Waals surface area (Å²) in [6, 6.07) is 15.9. The third-order valence-electron chi connectivity index (χ3n) is 4.34. The van der Waals surface area contributed by atoms with Crippen LogP contribution in [0, 0.1) is 0 Å². The van der Waals surface area contributed by atoms with Gasteiger partial charge in [-0.1, -0.05) is 0 Å². The van der Waals surface area contributed by atoms with Gasteiger partial charge in [0.15, 0.2) is 5.11 Å². The molecule has 0 saturated heterocycles. The van der Waals surface area contributed by atoms with Gasteiger partial charge in [-0.05, 0) is 72.9 Å². The Morgan fingerprint density at radius 1 is 1.03 bits per heavy atom. The number of hydrogen-bond donors (Lipinski definition) is 3. The molecule has 1 heterocycles. The van der Waals surface area contributed by atoms with Crippen LogP contribution in [0.25, 0.3) is 0 Å². The van der Waals surface area contributed by atoms with Crippen LogP contribution >= 0.6 is 12.2 Å². The molecule has 11 heteroatoms. The molecular formula is C22H23N3O6S2. The predicted octanol–water partition coefficient (Wildman–Crippen LogP) is 2.91. The van der Waals surface area contributed by atoms with Crippen molar-refractivity contribution in [2.24, 2.45) is 0 Å². The lowest BCUT2D eigenvalue weighted by atomic mass is 10.2. The van der Waals surface area contributed by atoms with E-state index in [2.05, 4.69) is 15.4 Å². The van der Waals surface area contributed by atoms with Gasteiger partial charge in [-0.15, -0.1) is 0 Å². The van der Waals surface area contributed by atoms with Crippen molar-refractivity contribution >= 4 is 38.9 Å². The number of nitrogens with one attached hydrogen (secondary N) is 3. The number of methoxy groups -OCH3 is 1. The number of carbonyl (C=O) groups excluding carboxylic acids is 1. The molecule has 2 aromatic carbocycles. The molecule has 9 nitrogen and oxygen atoms in total. The second-order valence-electron chi connectivity index (χ2n) is 6.70. The number of furan rings is 1. The Labute approximate surface area is 197 Å². The van der Waals surface area contributed by atoms with Gasteiger partial charge in [-0.2, -0.15) is 0 Å². The first-order valence-corrected chi connectivity index (χ1v) is 11.7. The fourth-order valence-corrected chi connectivity index (χ4v) is 3.87. The topological polar surface area (TPSA) is 119 Å². The second-order valence-corrected chi connectivity index (χ2v) is 8.88. The van der Waals surface area contributed by atoms with Crippen LogP contribution in [0.4, 0.5) is 5.69 Å². The fourth-order valence-electron chi connectivity index (χ4n) is 2.66. The molecule has 0 atom stereocenters. The van der Waals surface area contributed by atoms with Gasteiger partial charge < -0.3 is 19.2 Å². The summed E-state index contributed by atoms with van der Waals surface area (Å²) in [7, 11) is -2.12. The van der Waals surface area contributed by atoms with E-state index in [-0.39, 0.29) is 16.6 Å². The number of sulfonamides is 1. The number of hydrogen-bond acceptors (Lipinski definition) is 7. The average molecular weight is 490 g/mol. The van der Waals surface area contributed by atoms with Gasteiger partial charge in [0.05, 0.1) is 24.3 Å². The Hall–Kier alpha value is -3.25. The zero-order chi connectivity index (χ0) is 23.7. The summed E-state index contributed by atoms with van der Waals surface area (Å²) < 4.78 is 42.7. The van der Waals surface area contributed by atoms with E-state index in [1.807, 2.05) is 0 Å². The minimum absolute atomic E-state index is 0.0473. The molecule has 3 N–H and O–H groups in total. The number of thiocarbonyl (C=S) groups is 1. The Kier molecular flexibility index (Phi) is 8.55. The summed E-state index contributed by atoms with van der Waals surface area (Å²) in [5.74, 6) is 0.737. The Morgan fingerprint density at radius 3 is 2.39 bits per heavy atom. The van der Waals surface area contributed by atoms with Gasteiger partial charge in [-0.25, -0.2) is 13.1 Å². The van der Waals surface area contributed by atoms with Crippen LogP contribution in [0.3, 0.4) is 0 Å². The average Bonchev–Trinajstić information content (AvgIpc) is 3.32. The predicted molar refractivity (Wildman–Crippen MR) is 127 cm³/mol. The standard InChI is InChI=1S/C22H23N3O6S2/c1-29-13-14-31-18-8-4-16(5-9-18)21(26)25-22(32)24-17-6-10-20(11-7-17)33(27,28)23-15-19-3-2-12-30-19/h2-12,23H,13-15H2,1H3,(H2,24,25,26,32). The molecule has 3 rings (SSSR count). The summed E-state index contributed by atoms with van der Waals surface area (Å²) in [6.07, 6.45) is 1.47. The van der Waals surface area contributed by atoms with Crippen molar-refractivity contribution in [1.82, 2.24) is 10.0 Å². The van der Waals surface area contributed by atoms with Crippen molar-refractivity contribution in [2.45, 2.75) is 11.4 Å². The van der Waals surface area contributed by atoms with Gasteiger partial charge in [0, 0.05) is 18.4 Å². The Morgan fingerprint density at radius 2 is 1.76 bits per heavy atom. The lowest BCUT2D eigenvalue weighted by Gasteiger charge is -2.11. The van der Waals surface area contributed by atoms with Crippen molar-refractivity contribution in [1.29, 1.82) is 0 Å². The van der Waals surface area contributed by atoms with E-state index < -0.39 is 15.9 Å². The third kappa shape index (κ3) is 7.39. The van der Waals surface area contributed by atoms with E-state index in [9.17, 15) is 13.2 Å². The van der Waals surface area contributed by atoms with Crippen LogP contribution in [0.5, 0.6) is 5.75 Å². The van der Waals surface area contributed by atoms with Crippen LogP contribution in [-0.4, -0.2) is 39.8 Å². The van der Waals surface area contributed by atoms with Crippen molar-refractivity contribution < 1.29 is 27.1 Å². The minimum Gasteiger partial charge on any atom is -0.491 e. The van der Waals surface area contributed by atoms with Crippen LogP contribution in [0.15, 0.2) is 76.2 Å². The van der Waals surface area contributed by atoms with E-state index in [0.29, 0.717) is 36.0 Å². The lowest BCUT2D eigenvalue weighted by Crippen LogP contribution is -2.34. The number of anilines is 1. The number of amides is 1. The van der Waals surface area contributed by atoms with Crippen LogP contribution in [0.1, 0.15) is 16.1 Å². The lowest BCUT2D eigenvalue weighted by molar-refractivity contribution is 0.0977. The summed E-state index contributed by atoms with van der Waals surface area (Å²) in [5, 5.41) is 5.50. The van der Waals surface area contributed by atoms with E-state index in [1.165, 1.54) is 18.4 Å². The smallest absolute Gasteiger partial charge is 0.257 e. The van der Waals surface area contributed by atoms with Crippen molar-refractivity contribution in [3.63, 3.8) is 0 Å².